The van der Waals surface area contributed by atoms with Crippen molar-refractivity contribution in [2.45, 2.75) is 6.18 Å². The van der Waals surface area contributed by atoms with Gasteiger partial charge in [-0.3, -0.25) is 0 Å². The van der Waals surface area contributed by atoms with Crippen molar-refractivity contribution in [3.8, 4) is 0 Å². The van der Waals surface area contributed by atoms with Gasteiger partial charge in [0.05, 0.1) is 6.21 Å². The van der Waals surface area contributed by atoms with Crippen LogP contribution in [0, 0.1) is 0 Å². The number of alkyl halides is 3. The predicted molar refractivity (Wildman–Crippen MR) is 50.6 cm³/mol. The molecule has 0 fully saturated rings. The van der Waals surface area contributed by atoms with Crippen molar-refractivity contribution >= 4 is 17.2 Å². The molecule has 0 amide bonds. The molecule has 0 radical (unpaired) electrons. The smallest absolute Gasteiger partial charge is 0.420 e. The molecule has 0 aliphatic rings. The molecule has 16 heavy (non-hydrogen) atoms. The summed E-state index contributed by atoms with van der Waals surface area (Å²) in [6.07, 6.45) is -2.74. The van der Waals surface area contributed by atoms with E-state index >= 15 is 0 Å². The Kier molecular flexibility index (Phi) is 2.34. The van der Waals surface area contributed by atoms with Crippen LogP contribution >= 0.6 is 0 Å². The number of halogens is 3. The van der Waals surface area contributed by atoms with Crippen molar-refractivity contribution in [1.82, 2.24) is 0 Å². The van der Waals surface area contributed by atoms with E-state index < -0.39 is 11.7 Å². The van der Waals surface area contributed by atoms with Crippen molar-refractivity contribution in [2.24, 2.45) is 5.16 Å². The molecule has 0 saturated heterocycles. The molecule has 0 saturated carbocycles. The maximum atomic E-state index is 12.5. The minimum absolute atomic E-state index is 0.0510. The fourth-order valence-electron chi connectivity index (χ4n) is 1.41. The zero-order valence-corrected chi connectivity index (χ0v) is 7.82. The van der Waals surface area contributed by atoms with E-state index in [-0.39, 0.29) is 11.0 Å². The number of rotatable bonds is 1. The lowest BCUT2D eigenvalue weighted by Gasteiger charge is -2.02. The Morgan fingerprint density at radius 2 is 2.06 bits per heavy atom. The summed E-state index contributed by atoms with van der Waals surface area (Å²) in [6, 6.07) is 4.13. The molecule has 0 aliphatic heterocycles. The molecule has 2 aromatic rings. The van der Waals surface area contributed by atoms with Gasteiger partial charge in [0.25, 0.3) is 0 Å². The highest BCUT2D eigenvalue weighted by atomic mass is 19.4. The summed E-state index contributed by atoms with van der Waals surface area (Å²) in [5.41, 5.74) is -0.333. The lowest BCUT2D eigenvalue weighted by Crippen LogP contribution is -2.03. The second-order valence-electron chi connectivity index (χ2n) is 3.15. The minimum atomic E-state index is -4.46. The van der Waals surface area contributed by atoms with Gasteiger partial charge in [-0.05, 0) is 23.8 Å². The van der Waals surface area contributed by atoms with Crippen LogP contribution in [0.15, 0.2) is 34.0 Å². The fourth-order valence-corrected chi connectivity index (χ4v) is 1.41. The summed E-state index contributed by atoms with van der Waals surface area (Å²) in [5.74, 6) is 0. The van der Waals surface area contributed by atoms with Gasteiger partial charge in [0, 0.05) is 5.39 Å². The molecule has 1 aromatic heterocycles. The van der Waals surface area contributed by atoms with Crippen molar-refractivity contribution < 1.29 is 22.8 Å². The Morgan fingerprint density at radius 1 is 1.31 bits per heavy atom. The molecule has 84 valence electrons. The summed E-state index contributed by atoms with van der Waals surface area (Å²) in [4.78, 5) is 0. The van der Waals surface area contributed by atoms with Gasteiger partial charge in [-0.1, -0.05) is 5.16 Å². The normalized spacial score (nSPS) is 12.7. The third-order valence-corrected chi connectivity index (χ3v) is 2.11. The number of furan rings is 1. The largest absolute Gasteiger partial charge is 0.464 e. The topological polar surface area (TPSA) is 45.7 Å². The molecule has 1 aromatic carbocycles. The Balaban J connectivity index is 2.65. The Bertz CT molecular complexity index is 542. The van der Waals surface area contributed by atoms with Gasteiger partial charge in [0.1, 0.15) is 17.4 Å². The molecule has 2 rings (SSSR count). The van der Waals surface area contributed by atoms with Gasteiger partial charge in [-0.2, -0.15) is 13.2 Å². The maximum Gasteiger partial charge on any atom is 0.420 e. The number of nitrogens with zero attached hydrogens (tertiary/aromatic N) is 1. The highest BCUT2D eigenvalue weighted by Crippen LogP contribution is 2.36. The van der Waals surface area contributed by atoms with Gasteiger partial charge >= 0.3 is 6.18 Å². The van der Waals surface area contributed by atoms with Gasteiger partial charge in [-0.25, -0.2) is 0 Å². The van der Waals surface area contributed by atoms with Crippen LogP contribution in [0.3, 0.4) is 0 Å². The van der Waals surface area contributed by atoms with Crippen LogP contribution in [0.5, 0.6) is 0 Å². The Morgan fingerprint density at radius 3 is 2.69 bits per heavy atom. The standard InChI is InChI=1S/C10H6F3NO2/c11-10(12,13)8-5-16-9-2-1-6(4-14-15)3-7(8)9/h1-5,15H/b14-4+. The molecule has 0 atom stereocenters. The van der Waals surface area contributed by atoms with E-state index in [0.29, 0.717) is 11.8 Å². The van der Waals surface area contributed by atoms with Crippen molar-refractivity contribution in [3.05, 3.63) is 35.6 Å². The summed E-state index contributed by atoms with van der Waals surface area (Å²) in [7, 11) is 0. The van der Waals surface area contributed by atoms with Crippen LogP contribution in [0.2, 0.25) is 0 Å². The Hall–Kier alpha value is -1.98. The molecule has 1 heterocycles. The summed E-state index contributed by atoms with van der Waals surface area (Å²) in [6.45, 7) is 0. The highest BCUT2D eigenvalue weighted by molar-refractivity contribution is 5.89. The lowest BCUT2D eigenvalue weighted by atomic mass is 10.1. The lowest BCUT2D eigenvalue weighted by molar-refractivity contribution is -0.136. The number of hydrogen-bond acceptors (Lipinski definition) is 3. The van der Waals surface area contributed by atoms with Gasteiger partial charge in [-0.15, -0.1) is 0 Å². The molecule has 6 heteroatoms. The molecular weight excluding hydrogens is 223 g/mol. The molecule has 0 unspecified atom stereocenters. The van der Waals surface area contributed by atoms with Crippen LogP contribution in [0.4, 0.5) is 13.2 Å². The molecule has 0 aliphatic carbocycles. The highest BCUT2D eigenvalue weighted by Gasteiger charge is 2.34. The van der Waals surface area contributed by atoms with Crippen LogP contribution in [-0.2, 0) is 6.18 Å². The van der Waals surface area contributed by atoms with Crippen LogP contribution in [0.25, 0.3) is 11.0 Å². The molecular formula is C10H6F3NO2. The summed E-state index contributed by atoms with van der Waals surface area (Å²) >= 11 is 0. The van der Waals surface area contributed by atoms with E-state index in [1.54, 1.807) is 0 Å². The van der Waals surface area contributed by atoms with Gasteiger partial charge in [0.15, 0.2) is 0 Å². The van der Waals surface area contributed by atoms with Crippen molar-refractivity contribution in [3.63, 3.8) is 0 Å². The minimum Gasteiger partial charge on any atom is -0.464 e. The maximum absolute atomic E-state index is 12.5. The van der Waals surface area contributed by atoms with Crippen LogP contribution < -0.4 is 0 Å². The quantitative estimate of drug-likeness (QED) is 0.463. The molecule has 0 spiro atoms. The SMILES string of the molecule is O/N=C/c1ccc2occ(C(F)(F)F)c2c1. The first-order valence-electron chi connectivity index (χ1n) is 4.28. The van der Waals surface area contributed by atoms with Crippen LogP contribution in [0.1, 0.15) is 11.1 Å². The first-order chi connectivity index (χ1) is 7.52. The van der Waals surface area contributed by atoms with Crippen molar-refractivity contribution in [1.29, 1.82) is 0 Å². The van der Waals surface area contributed by atoms with E-state index in [0.717, 1.165) is 6.21 Å². The van der Waals surface area contributed by atoms with E-state index in [9.17, 15) is 13.2 Å². The average Bonchev–Trinajstić information content (AvgIpc) is 2.60. The first-order valence-corrected chi connectivity index (χ1v) is 4.28. The van der Waals surface area contributed by atoms with E-state index in [2.05, 4.69) is 5.16 Å². The fraction of sp³-hybridized carbons (Fsp3) is 0.100. The monoisotopic (exact) mass is 229 g/mol. The number of fused-ring (bicyclic) bond motifs is 1. The van der Waals surface area contributed by atoms with Crippen molar-refractivity contribution in [2.75, 3.05) is 0 Å². The van der Waals surface area contributed by atoms with Crippen LogP contribution in [-0.4, -0.2) is 11.4 Å². The van der Waals surface area contributed by atoms with E-state index in [1.165, 1.54) is 18.2 Å². The Labute approximate surface area is 87.8 Å². The number of hydrogen-bond donors (Lipinski definition) is 1. The second kappa shape index (κ2) is 3.55. The predicted octanol–water partition coefficient (Wildman–Crippen LogP) is 3.26. The molecule has 3 nitrogen and oxygen atoms in total. The van der Waals surface area contributed by atoms with Gasteiger partial charge in [0.2, 0.25) is 0 Å². The average molecular weight is 229 g/mol. The summed E-state index contributed by atoms with van der Waals surface area (Å²) < 4.78 is 42.4. The second-order valence-corrected chi connectivity index (χ2v) is 3.15. The first kappa shape index (κ1) is 10.5. The van der Waals surface area contributed by atoms with Gasteiger partial charge < -0.3 is 9.62 Å². The zero-order chi connectivity index (χ0) is 11.8. The van der Waals surface area contributed by atoms with E-state index in [1.807, 2.05) is 0 Å². The third-order valence-electron chi connectivity index (χ3n) is 2.11. The number of benzene rings is 1. The molecule has 0 bridgehead atoms. The summed E-state index contributed by atoms with van der Waals surface area (Å²) in [5, 5.41) is 11.0. The third kappa shape index (κ3) is 1.73. The molecule has 1 N–H and O–H groups in total. The van der Waals surface area contributed by atoms with E-state index in [4.69, 9.17) is 9.62 Å². The zero-order valence-electron chi connectivity index (χ0n) is 7.82. The number of oxime groups is 1.